The predicted molar refractivity (Wildman–Crippen MR) is 75.1 cm³/mol. The number of aliphatic carboxylic acids is 1. The highest BCUT2D eigenvalue weighted by molar-refractivity contribution is 5.70. The van der Waals surface area contributed by atoms with Crippen molar-refractivity contribution in [2.75, 3.05) is 7.11 Å². The van der Waals surface area contributed by atoms with Gasteiger partial charge in [-0.1, -0.05) is 12.1 Å². The van der Waals surface area contributed by atoms with Crippen LogP contribution in [0.15, 0.2) is 30.3 Å². The van der Waals surface area contributed by atoms with Gasteiger partial charge in [0.25, 0.3) is 6.36 Å². The Balaban J connectivity index is 2.22. The van der Waals surface area contributed by atoms with Crippen LogP contribution in [0.2, 0.25) is 0 Å². The van der Waals surface area contributed by atoms with Crippen molar-refractivity contribution in [1.29, 1.82) is 0 Å². The van der Waals surface area contributed by atoms with Crippen LogP contribution in [-0.4, -0.2) is 18.2 Å². The molecule has 2 rings (SSSR count). The molecule has 0 aliphatic rings. The summed E-state index contributed by atoms with van der Waals surface area (Å²) in [6.45, 7) is 0. The third kappa shape index (κ3) is 3.76. The van der Waals surface area contributed by atoms with Crippen molar-refractivity contribution in [3.63, 3.8) is 0 Å². The van der Waals surface area contributed by atoms with Gasteiger partial charge >= 0.3 is 5.97 Å². The van der Waals surface area contributed by atoms with Crippen LogP contribution in [0, 0.1) is 17.5 Å². The summed E-state index contributed by atoms with van der Waals surface area (Å²) in [5, 5.41) is 8.64. The molecule has 0 aliphatic carbocycles. The number of rotatable bonds is 6. The van der Waals surface area contributed by atoms with Gasteiger partial charge in [0.05, 0.1) is 19.1 Å². The fourth-order valence-electron chi connectivity index (χ4n) is 1.98. The van der Waals surface area contributed by atoms with Crippen molar-refractivity contribution in [2.24, 2.45) is 0 Å². The van der Waals surface area contributed by atoms with Crippen molar-refractivity contribution in [3.05, 3.63) is 58.9 Å². The lowest BCUT2D eigenvalue weighted by Gasteiger charge is -2.15. The average Bonchev–Trinajstić information content (AvgIpc) is 2.52. The molecule has 0 bridgehead atoms. The minimum atomic E-state index is -2.60. The maximum Gasteiger partial charge on any atom is 0.307 e. The molecule has 8 heteroatoms. The molecule has 2 aromatic carbocycles. The molecule has 0 radical (unpaired) electrons. The first kappa shape index (κ1) is 17.6. The van der Waals surface area contributed by atoms with E-state index in [4.69, 9.17) is 9.84 Å². The Labute approximate surface area is 134 Å². The summed E-state index contributed by atoms with van der Waals surface area (Å²) in [4.78, 5) is 10.6. The summed E-state index contributed by atoms with van der Waals surface area (Å²) in [6, 6.07) is 5.70. The molecular weight excluding hydrogens is 332 g/mol. The second-order valence-corrected chi connectivity index (χ2v) is 4.75. The minimum Gasteiger partial charge on any atom is -0.493 e. The van der Waals surface area contributed by atoms with Crippen LogP contribution in [0.4, 0.5) is 17.6 Å². The van der Waals surface area contributed by atoms with Gasteiger partial charge in [0.15, 0.2) is 11.6 Å². The lowest BCUT2D eigenvalue weighted by atomic mass is 10.1. The molecule has 0 heterocycles. The molecule has 1 atom stereocenters. The van der Waals surface area contributed by atoms with Crippen LogP contribution >= 0.6 is 0 Å². The first-order valence-electron chi connectivity index (χ1n) is 6.66. The predicted octanol–water partition coefficient (Wildman–Crippen LogP) is 3.79. The van der Waals surface area contributed by atoms with Gasteiger partial charge in [-0.05, 0) is 17.7 Å². The van der Waals surface area contributed by atoms with Crippen LogP contribution in [0.5, 0.6) is 11.5 Å². The van der Waals surface area contributed by atoms with E-state index in [2.05, 4.69) is 4.74 Å². The number of halogens is 4. The molecule has 128 valence electrons. The van der Waals surface area contributed by atoms with E-state index in [9.17, 15) is 22.4 Å². The normalized spacial score (nSPS) is 11.9. The highest BCUT2D eigenvalue weighted by Crippen LogP contribution is 2.32. The number of carboxylic acids is 1. The lowest BCUT2D eigenvalue weighted by molar-refractivity contribution is -0.136. The Morgan fingerprint density at radius 3 is 2.33 bits per heavy atom. The summed E-state index contributed by atoms with van der Waals surface area (Å²) in [6.07, 6.45) is -2.84. The number of hydrogen-bond acceptors (Lipinski definition) is 3. The van der Waals surface area contributed by atoms with E-state index in [1.54, 1.807) is 0 Å². The fourth-order valence-corrected chi connectivity index (χ4v) is 1.98. The monoisotopic (exact) mass is 344 g/mol. The largest absolute Gasteiger partial charge is 0.493 e. The van der Waals surface area contributed by atoms with Crippen LogP contribution in [0.25, 0.3) is 0 Å². The van der Waals surface area contributed by atoms with Crippen LogP contribution in [-0.2, 0) is 11.2 Å². The summed E-state index contributed by atoms with van der Waals surface area (Å²) < 4.78 is 64.4. The van der Waals surface area contributed by atoms with Gasteiger partial charge in [0.1, 0.15) is 11.6 Å². The van der Waals surface area contributed by atoms with E-state index in [0.717, 1.165) is 7.11 Å². The molecule has 0 saturated carbocycles. The van der Waals surface area contributed by atoms with E-state index in [0.29, 0.717) is 11.6 Å². The van der Waals surface area contributed by atoms with Gasteiger partial charge in [-0.25, -0.2) is 8.78 Å². The number of alkyl halides is 1. The van der Waals surface area contributed by atoms with E-state index in [1.807, 2.05) is 0 Å². The summed E-state index contributed by atoms with van der Waals surface area (Å²) in [5.74, 6) is -6.49. The molecule has 0 amide bonds. The average molecular weight is 344 g/mol. The lowest BCUT2D eigenvalue weighted by Crippen LogP contribution is -2.10. The Morgan fingerprint density at radius 2 is 1.79 bits per heavy atom. The zero-order valence-electron chi connectivity index (χ0n) is 12.4. The molecule has 2 aromatic rings. The van der Waals surface area contributed by atoms with Gasteiger partial charge < -0.3 is 14.6 Å². The van der Waals surface area contributed by atoms with Gasteiger partial charge in [-0.2, -0.15) is 8.78 Å². The maximum absolute atomic E-state index is 14.1. The highest BCUT2D eigenvalue weighted by Gasteiger charge is 2.27. The van der Waals surface area contributed by atoms with E-state index in [-0.39, 0.29) is 12.2 Å². The molecular formula is C16H12F4O4. The summed E-state index contributed by atoms with van der Waals surface area (Å²) >= 11 is 0. The Kier molecular flexibility index (Phi) is 5.28. The second kappa shape index (κ2) is 7.20. The van der Waals surface area contributed by atoms with Gasteiger partial charge in [-0.15, -0.1) is 0 Å². The molecule has 0 aliphatic heterocycles. The number of carbonyl (C=O) groups is 1. The molecule has 0 aromatic heterocycles. The Morgan fingerprint density at radius 1 is 1.17 bits per heavy atom. The van der Waals surface area contributed by atoms with Gasteiger partial charge in [0, 0.05) is 6.07 Å². The first-order chi connectivity index (χ1) is 11.3. The molecule has 0 fully saturated rings. The van der Waals surface area contributed by atoms with Crippen molar-refractivity contribution < 1.29 is 36.9 Å². The van der Waals surface area contributed by atoms with E-state index in [1.165, 1.54) is 24.3 Å². The summed E-state index contributed by atoms with van der Waals surface area (Å²) in [5.41, 5.74) is -0.791. The standard InChI is InChI=1S/C16H12F4O4/c1-23-11-7-10(17)13(15(19)14(11)18)16(20)24-9-4-2-8(3-5-9)6-12(21)22/h2-5,7,16H,6H2,1H3,(H,21,22). The van der Waals surface area contributed by atoms with E-state index >= 15 is 0 Å². The molecule has 24 heavy (non-hydrogen) atoms. The van der Waals surface area contributed by atoms with Crippen molar-refractivity contribution >= 4 is 5.97 Å². The number of methoxy groups -OCH3 is 1. The summed E-state index contributed by atoms with van der Waals surface area (Å²) in [7, 11) is 1.01. The van der Waals surface area contributed by atoms with Crippen molar-refractivity contribution in [2.45, 2.75) is 12.8 Å². The minimum absolute atomic E-state index is 0.105. The number of benzene rings is 2. The number of carboxylic acid groups (broad SMARTS) is 1. The van der Waals surface area contributed by atoms with Crippen molar-refractivity contribution in [3.8, 4) is 11.5 Å². The van der Waals surface area contributed by atoms with E-state index < -0.39 is 41.1 Å². The Bertz CT molecular complexity index is 747. The number of ether oxygens (including phenoxy) is 2. The second-order valence-electron chi connectivity index (χ2n) is 4.75. The van der Waals surface area contributed by atoms with Crippen molar-refractivity contribution in [1.82, 2.24) is 0 Å². The third-order valence-electron chi connectivity index (χ3n) is 3.13. The molecule has 4 nitrogen and oxygen atoms in total. The third-order valence-corrected chi connectivity index (χ3v) is 3.13. The first-order valence-corrected chi connectivity index (χ1v) is 6.66. The smallest absolute Gasteiger partial charge is 0.307 e. The number of hydrogen-bond donors (Lipinski definition) is 1. The van der Waals surface area contributed by atoms with Crippen LogP contribution in [0.1, 0.15) is 17.5 Å². The Hall–Kier alpha value is -2.77. The zero-order chi connectivity index (χ0) is 17.9. The molecule has 0 spiro atoms. The van der Waals surface area contributed by atoms with Gasteiger partial charge in [-0.3, -0.25) is 4.79 Å². The molecule has 0 saturated heterocycles. The van der Waals surface area contributed by atoms with Crippen LogP contribution < -0.4 is 9.47 Å². The van der Waals surface area contributed by atoms with Gasteiger partial charge in [0.2, 0.25) is 5.82 Å². The quantitative estimate of drug-likeness (QED) is 0.640. The topological polar surface area (TPSA) is 55.8 Å². The molecule has 1 N–H and O–H groups in total. The fraction of sp³-hybridized carbons (Fsp3) is 0.188. The van der Waals surface area contributed by atoms with Crippen LogP contribution in [0.3, 0.4) is 0 Å². The highest BCUT2D eigenvalue weighted by atomic mass is 19.2. The maximum atomic E-state index is 14.1. The SMILES string of the molecule is COc1cc(F)c(C(F)Oc2ccc(CC(=O)O)cc2)c(F)c1F. The molecule has 1 unspecified atom stereocenters. The zero-order valence-corrected chi connectivity index (χ0v) is 12.4.